The number of amides is 2. The Labute approximate surface area is 177 Å². The van der Waals surface area contributed by atoms with Crippen LogP contribution < -0.4 is 20.4 Å². The summed E-state index contributed by atoms with van der Waals surface area (Å²) in [5.41, 5.74) is 2.99. The van der Waals surface area contributed by atoms with E-state index in [1.54, 1.807) is 12.1 Å². The van der Waals surface area contributed by atoms with Gasteiger partial charge in [-0.2, -0.15) is 0 Å². The standard InChI is InChI=1S/C23H29FN4O2/c1-18-5-2-3-6-19(18)9-10-25-22(29)16-27-11-13-28(14-12-27)17-23(30)26-21-8-4-7-20(24)15-21/h2-8,15H,9-14,16-17H2,1H3,(H,25,29)(H,26,30)/p+2. The number of hydrogen-bond acceptors (Lipinski definition) is 2. The molecule has 2 amide bonds. The lowest BCUT2D eigenvalue weighted by molar-refractivity contribution is -1.00. The molecular weight excluding hydrogens is 383 g/mol. The molecule has 0 radical (unpaired) electrons. The van der Waals surface area contributed by atoms with E-state index < -0.39 is 0 Å². The monoisotopic (exact) mass is 414 g/mol. The first-order chi connectivity index (χ1) is 14.5. The normalized spacial score (nSPS) is 18.6. The molecule has 2 aromatic rings. The fourth-order valence-electron chi connectivity index (χ4n) is 3.83. The average molecular weight is 415 g/mol. The van der Waals surface area contributed by atoms with Crippen LogP contribution >= 0.6 is 0 Å². The summed E-state index contributed by atoms with van der Waals surface area (Å²) in [6.07, 6.45) is 0.839. The SMILES string of the molecule is Cc1ccccc1CCNC(=O)C[NH+]1CC[NH+](CC(=O)Nc2cccc(F)c2)CC1. The molecule has 4 N–H and O–H groups in total. The third-order valence-electron chi connectivity index (χ3n) is 5.57. The van der Waals surface area contributed by atoms with Gasteiger partial charge in [0.15, 0.2) is 13.1 Å². The van der Waals surface area contributed by atoms with Crippen LogP contribution in [0.3, 0.4) is 0 Å². The van der Waals surface area contributed by atoms with E-state index in [0.29, 0.717) is 25.3 Å². The quantitative estimate of drug-likeness (QED) is 0.458. The minimum absolute atomic E-state index is 0.0749. The van der Waals surface area contributed by atoms with E-state index in [-0.39, 0.29) is 17.6 Å². The van der Waals surface area contributed by atoms with Crippen molar-refractivity contribution in [2.24, 2.45) is 0 Å². The molecule has 0 unspecified atom stereocenters. The largest absolute Gasteiger partial charge is 0.351 e. The molecule has 1 aliphatic heterocycles. The maximum absolute atomic E-state index is 13.2. The molecule has 0 aliphatic carbocycles. The second-order valence-corrected chi connectivity index (χ2v) is 7.94. The zero-order valence-corrected chi connectivity index (χ0v) is 17.5. The van der Waals surface area contributed by atoms with Crippen LogP contribution in [0.1, 0.15) is 11.1 Å². The molecule has 1 fully saturated rings. The summed E-state index contributed by atoms with van der Waals surface area (Å²) in [4.78, 5) is 26.9. The molecule has 0 atom stereocenters. The number of quaternary nitrogens is 2. The molecule has 1 saturated heterocycles. The Hall–Kier alpha value is -2.77. The molecular formula is C23H31FN4O2+2. The summed E-state index contributed by atoms with van der Waals surface area (Å²) in [6, 6.07) is 14.1. The van der Waals surface area contributed by atoms with Crippen molar-refractivity contribution in [3.05, 3.63) is 65.5 Å². The van der Waals surface area contributed by atoms with E-state index >= 15 is 0 Å². The minimum atomic E-state index is -0.366. The Kier molecular flexibility index (Phi) is 7.93. The van der Waals surface area contributed by atoms with Crippen molar-refractivity contribution in [2.45, 2.75) is 13.3 Å². The fraction of sp³-hybridized carbons (Fsp3) is 0.391. The number of hydrogen-bond donors (Lipinski definition) is 4. The van der Waals surface area contributed by atoms with Gasteiger partial charge in [-0.1, -0.05) is 30.3 Å². The molecule has 3 rings (SSSR count). The smallest absolute Gasteiger partial charge is 0.279 e. The summed E-state index contributed by atoms with van der Waals surface area (Å²) in [5, 5.41) is 5.76. The molecule has 1 aliphatic rings. The molecule has 160 valence electrons. The summed E-state index contributed by atoms with van der Waals surface area (Å²) >= 11 is 0. The molecule has 0 saturated carbocycles. The number of halogens is 1. The van der Waals surface area contributed by atoms with Crippen LogP contribution in [-0.2, 0) is 16.0 Å². The second-order valence-electron chi connectivity index (χ2n) is 7.94. The summed E-state index contributed by atoms with van der Waals surface area (Å²) < 4.78 is 13.2. The lowest BCUT2D eigenvalue weighted by Gasteiger charge is -2.29. The molecule has 1 heterocycles. The highest BCUT2D eigenvalue weighted by molar-refractivity contribution is 5.91. The van der Waals surface area contributed by atoms with E-state index in [1.807, 2.05) is 12.1 Å². The number of benzene rings is 2. The predicted molar refractivity (Wildman–Crippen MR) is 114 cm³/mol. The van der Waals surface area contributed by atoms with Gasteiger partial charge in [0.25, 0.3) is 11.8 Å². The first kappa shape index (κ1) is 21.9. The average Bonchev–Trinajstić information content (AvgIpc) is 2.71. The first-order valence-corrected chi connectivity index (χ1v) is 10.5. The van der Waals surface area contributed by atoms with Crippen molar-refractivity contribution in [1.82, 2.24) is 5.32 Å². The first-order valence-electron chi connectivity index (χ1n) is 10.5. The van der Waals surface area contributed by atoms with Crippen LogP contribution in [0.4, 0.5) is 10.1 Å². The van der Waals surface area contributed by atoms with Crippen LogP contribution in [0.15, 0.2) is 48.5 Å². The van der Waals surface area contributed by atoms with Crippen molar-refractivity contribution >= 4 is 17.5 Å². The fourth-order valence-corrected chi connectivity index (χ4v) is 3.83. The molecule has 0 bridgehead atoms. The zero-order chi connectivity index (χ0) is 21.3. The Balaban J connectivity index is 1.32. The Morgan fingerprint density at radius 3 is 2.27 bits per heavy atom. The van der Waals surface area contributed by atoms with Crippen LogP contribution in [-0.4, -0.2) is 57.6 Å². The summed E-state index contributed by atoms with van der Waals surface area (Å²) in [7, 11) is 0. The van der Waals surface area contributed by atoms with Gasteiger partial charge in [-0.05, 0) is 42.7 Å². The van der Waals surface area contributed by atoms with Gasteiger partial charge in [0.2, 0.25) is 0 Å². The molecule has 30 heavy (non-hydrogen) atoms. The van der Waals surface area contributed by atoms with Crippen LogP contribution in [0.2, 0.25) is 0 Å². The zero-order valence-electron chi connectivity index (χ0n) is 17.5. The number of carbonyl (C=O) groups excluding carboxylic acids is 2. The predicted octanol–water partition coefficient (Wildman–Crippen LogP) is -0.785. The second kappa shape index (κ2) is 10.8. The maximum atomic E-state index is 13.2. The number of nitrogens with one attached hydrogen (secondary N) is 4. The topological polar surface area (TPSA) is 67.1 Å². The van der Waals surface area contributed by atoms with Crippen LogP contribution in [0.25, 0.3) is 0 Å². The van der Waals surface area contributed by atoms with Crippen molar-refractivity contribution in [2.75, 3.05) is 51.1 Å². The number of piperazine rings is 1. The third kappa shape index (κ3) is 6.93. The highest BCUT2D eigenvalue weighted by Gasteiger charge is 2.26. The van der Waals surface area contributed by atoms with Crippen molar-refractivity contribution in [3.8, 4) is 0 Å². The molecule has 6 nitrogen and oxygen atoms in total. The maximum Gasteiger partial charge on any atom is 0.279 e. The lowest BCUT2D eigenvalue weighted by Crippen LogP contribution is -3.28. The highest BCUT2D eigenvalue weighted by atomic mass is 19.1. The van der Waals surface area contributed by atoms with E-state index in [0.717, 1.165) is 32.6 Å². The Morgan fingerprint density at radius 2 is 1.60 bits per heavy atom. The van der Waals surface area contributed by atoms with Crippen molar-refractivity contribution < 1.29 is 23.8 Å². The number of rotatable bonds is 8. The molecule has 2 aromatic carbocycles. The van der Waals surface area contributed by atoms with Gasteiger partial charge in [-0.25, -0.2) is 4.39 Å². The van der Waals surface area contributed by atoms with Crippen LogP contribution in [0.5, 0.6) is 0 Å². The van der Waals surface area contributed by atoms with Gasteiger partial charge in [-0.3, -0.25) is 9.59 Å². The molecule has 0 spiro atoms. The van der Waals surface area contributed by atoms with Gasteiger partial charge in [0.1, 0.15) is 32.0 Å². The Bertz CT molecular complexity index is 866. The van der Waals surface area contributed by atoms with Gasteiger partial charge in [0, 0.05) is 12.2 Å². The molecule has 0 aromatic heterocycles. The Morgan fingerprint density at radius 1 is 0.933 bits per heavy atom. The number of aryl methyl sites for hydroxylation is 1. The van der Waals surface area contributed by atoms with Gasteiger partial charge in [-0.15, -0.1) is 0 Å². The van der Waals surface area contributed by atoms with E-state index in [4.69, 9.17) is 0 Å². The summed E-state index contributed by atoms with van der Waals surface area (Å²) in [5.74, 6) is -0.409. The number of carbonyl (C=O) groups is 2. The highest BCUT2D eigenvalue weighted by Crippen LogP contribution is 2.08. The third-order valence-corrected chi connectivity index (χ3v) is 5.57. The summed E-state index contributed by atoms with van der Waals surface area (Å²) in [6.45, 7) is 6.94. The lowest BCUT2D eigenvalue weighted by atomic mass is 10.1. The van der Waals surface area contributed by atoms with E-state index in [1.165, 1.54) is 33.1 Å². The van der Waals surface area contributed by atoms with Crippen LogP contribution in [0, 0.1) is 12.7 Å². The van der Waals surface area contributed by atoms with Gasteiger partial charge in [0.05, 0.1) is 0 Å². The van der Waals surface area contributed by atoms with Gasteiger partial charge >= 0.3 is 0 Å². The van der Waals surface area contributed by atoms with E-state index in [2.05, 4.69) is 29.7 Å². The van der Waals surface area contributed by atoms with Gasteiger partial charge < -0.3 is 20.4 Å². The van der Waals surface area contributed by atoms with Crippen molar-refractivity contribution in [1.29, 1.82) is 0 Å². The van der Waals surface area contributed by atoms with Crippen molar-refractivity contribution in [3.63, 3.8) is 0 Å². The number of anilines is 1. The van der Waals surface area contributed by atoms with E-state index in [9.17, 15) is 14.0 Å². The minimum Gasteiger partial charge on any atom is -0.351 e. The molecule has 7 heteroatoms.